The Labute approximate surface area is 222 Å². The third kappa shape index (κ3) is 6.73. The van der Waals surface area contributed by atoms with E-state index >= 15 is 0 Å². The van der Waals surface area contributed by atoms with Gasteiger partial charge in [-0.25, -0.2) is 4.39 Å². The van der Waals surface area contributed by atoms with E-state index < -0.39 is 0 Å². The predicted molar refractivity (Wildman–Crippen MR) is 144 cm³/mol. The van der Waals surface area contributed by atoms with E-state index in [2.05, 4.69) is 50.3 Å². The second-order valence-electron chi connectivity index (χ2n) is 7.91. The van der Waals surface area contributed by atoms with Crippen LogP contribution in [0.4, 0.5) is 4.39 Å². The van der Waals surface area contributed by atoms with Gasteiger partial charge < -0.3 is 9.47 Å². The highest BCUT2D eigenvalue weighted by atomic mass is 79.9. The maximum Gasteiger partial charge on any atom is 0.212 e. The molecule has 9 heteroatoms. The number of benzene rings is 3. The largest absolute Gasteiger partial charge is 0.493 e. The zero-order chi connectivity index (χ0) is 25.3. The van der Waals surface area contributed by atoms with E-state index in [0.717, 1.165) is 39.6 Å². The van der Waals surface area contributed by atoms with Crippen LogP contribution in [0.5, 0.6) is 11.5 Å². The Bertz CT molecular complexity index is 1330. The molecule has 1 heterocycles. The predicted octanol–water partition coefficient (Wildman–Crippen LogP) is 6.89. The highest BCUT2D eigenvalue weighted by molar-refractivity contribution is 9.10. The number of thioether (sulfide) groups is 1. The van der Waals surface area contributed by atoms with Gasteiger partial charge in [0, 0.05) is 22.2 Å². The van der Waals surface area contributed by atoms with E-state index in [1.165, 1.54) is 11.6 Å². The molecular formula is C27H26BrFN4O2S. The minimum Gasteiger partial charge on any atom is -0.493 e. The number of hydrogen-bond donors (Lipinski definition) is 0. The summed E-state index contributed by atoms with van der Waals surface area (Å²) in [5, 5.41) is 14.1. The summed E-state index contributed by atoms with van der Waals surface area (Å²) < 4.78 is 28.1. The Balaban J connectivity index is 1.50. The summed E-state index contributed by atoms with van der Waals surface area (Å²) in [5.74, 6) is 2.33. The van der Waals surface area contributed by atoms with E-state index in [1.54, 1.807) is 54.0 Å². The van der Waals surface area contributed by atoms with E-state index in [1.807, 2.05) is 24.3 Å². The lowest BCUT2D eigenvalue weighted by Gasteiger charge is -2.12. The zero-order valence-corrected chi connectivity index (χ0v) is 22.4. The van der Waals surface area contributed by atoms with Crippen LogP contribution in [0.15, 0.2) is 81.5 Å². The number of ether oxygens (including phenoxy) is 2. The molecule has 0 saturated heterocycles. The molecule has 0 bridgehead atoms. The van der Waals surface area contributed by atoms with Crippen molar-refractivity contribution in [1.29, 1.82) is 0 Å². The van der Waals surface area contributed by atoms with E-state index in [4.69, 9.17) is 9.47 Å². The van der Waals surface area contributed by atoms with Crippen molar-refractivity contribution in [2.75, 3.05) is 7.11 Å². The average Bonchev–Trinajstić information content (AvgIpc) is 3.28. The maximum absolute atomic E-state index is 13.9. The fraction of sp³-hybridized carbons (Fsp3) is 0.222. The first-order chi connectivity index (χ1) is 17.6. The van der Waals surface area contributed by atoms with Crippen LogP contribution in [0, 0.1) is 5.82 Å². The van der Waals surface area contributed by atoms with Gasteiger partial charge in [-0.05, 0) is 53.9 Å². The summed E-state index contributed by atoms with van der Waals surface area (Å²) in [6, 6.07) is 20.3. The van der Waals surface area contributed by atoms with Crippen LogP contribution in [-0.2, 0) is 18.8 Å². The molecule has 0 radical (unpaired) electrons. The van der Waals surface area contributed by atoms with Gasteiger partial charge >= 0.3 is 0 Å². The fourth-order valence-corrected chi connectivity index (χ4v) is 4.51. The Morgan fingerprint density at radius 2 is 1.86 bits per heavy atom. The van der Waals surface area contributed by atoms with Gasteiger partial charge in [-0.1, -0.05) is 64.9 Å². The summed E-state index contributed by atoms with van der Waals surface area (Å²) in [6.45, 7) is 2.21. The lowest BCUT2D eigenvalue weighted by molar-refractivity contribution is 0.279. The highest BCUT2D eigenvalue weighted by Crippen LogP contribution is 2.29. The smallest absolute Gasteiger partial charge is 0.212 e. The summed E-state index contributed by atoms with van der Waals surface area (Å²) in [6.07, 6.45) is 3.46. The van der Waals surface area contributed by atoms with Gasteiger partial charge in [0.05, 0.1) is 13.3 Å². The SMILES string of the molecule is CCCc1nnc(SCc2ccc(Br)cc2)n1/N=C/c1ccc(OCc2ccccc2F)c(OC)c1. The van der Waals surface area contributed by atoms with Crippen LogP contribution in [0.2, 0.25) is 0 Å². The van der Waals surface area contributed by atoms with Gasteiger partial charge in [0.15, 0.2) is 17.3 Å². The molecule has 0 aliphatic heterocycles. The number of aryl methyl sites for hydroxylation is 1. The van der Waals surface area contributed by atoms with E-state index in [0.29, 0.717) is 17.1 Å². The van der Waals surface area contributed by atoms with Crippen molar-refractivity contribution in [3.05, 3.63) is 99.5 Å². The van der Waals surface area contributed by atoms with Crippen LogP contribution in [0.25, 0.3) is 0 Å². The number of rotatable bonds is 11. The molecule has 0 aliphatic carbocycles. The number of halogens is 2. The van der Waals surface area contributed by atoms with Gasteiger partial charge in [0.25, 0.3) is 0 Å². The van der Waals surface area contributed by atoms with Crippen molar-refractivity contribution in [2.45, 2.75) is 37.3 Å². The molecular weight excluding hydrogens is 543 g/mol. The zero-order valence-electron chi connectivity index (χ0n) is 20.0. The molecule has 0 aliphatic rings. The third-order valence-corrected chi connectivity index (χ3v) is 6.80. The van der Waals surface area contributed by atoms with Crippen molar-refractivity contribution in [3.8, 4) is 11.5 Å². The van der Waals surface area contributed by atoms with Crippen molar-refractivity contribution in [1.82, 2.24) is 14.9 Å². The first kappa shape index (κ1) is 25.9. The monoisotopic (exact) mass is 568 g/mol. The maximum atomic E-state index is 13.9. The molecule has 1 aromatic heterocycles. The molecule has 0 amide bonds. The molecule has 186 valence electrons. The molecule has 3 aromatic carbocycles. The second-order valence-corrected chi connectivity index (χ2v) is 9.77. The Kier molecular flexibility index (Phi) is 9.13. The number of hydrogen-bond acceptors (Lipinski definition) is 6. The van der Waals surface area contributed by atoms with Crippen LogP contribution >= 0.6 is 27.7 Å². The Hall–Kier alpha value is -3.17. The molecule has 0 N–H and O–H groups in total. The summed E-state index contributed by atoms with van der Waals surface area (Å²) >= 11 is 5.06. The molecule has 36 heavy (non-hydrogen) atoms. The number of aromatic nitrogens is 3. The van der Waals surface area contributed by atoms with Crippen molar-refractivity contribution < 1.29 is 13.9 Å². The molecule has 0 spiro atoms. The molecule has 0 atom stereocenters. The Morgan fingerprint density at radius 1 is 1.06 bits per heavy atom. The van der Waals surface area contributed by atoms with Crippen molar-refractivity contribution in [3.63, 3.8) is 0 Å². The highest BCUT2D eigenvalue weighted by Gasteiger charge is 2.12. The minimum atomic E-state index is -0.300. The van der Waals surface area contributed by atoms with Gasteiger partial charge in [-0.2, -0.15) is 9.78 Å². The van der Waals surface area contributed by atoms with Crippen molar-refractivity contribution >= 4 is 33.9 Å². The molecule has 0 saturated carbocycles. The second kappa shape index (κ2) is 12.7. The van der Waals surface area contributed by atoms with Gasteiger partial charge in [-0.3, -0.25) is 0 Å². The Morgan fingerprint density at radius 3 is 2.61 bits per heavy atom. The van der Waals surface area contributed by atoms with Gasteiger partial charge in [0.2, 0.25) is 5.16 Å². The number of methoxy groups -OCH3 is 1. The van der Waals surface area contributed by atoms with Crippen LogP contribution in [0.1, 0.15) is 35.9 Å². The fourth-order valence-electron chi connectivity index (χ4n) is 3.39. The molecule has 6 nitrogen and oxygen atoms in total. The van der Waals surface area contributed by atoms with Crippen LogP contribution in [-0.4, -0.2) is 28.2 Å². The van der Waals surface area contributed by atoms with E-state index in [-0.39, 0.29) is 12.4 Å². The molecule has 0 fully saturated rings. The van der Waals surface area contributed by atoms with Gasteiger partial charge in [-0.15, -0.1) is 10.2 Å². The number of nitrogens with zero attached hydrogens (tertiary/aromatic N) is 4. The van der Waals surface area contributed by atoms with E-state index in [9.17, 15) is 4.39 Å². The van der Waals surface area contributed by atoms with Gasteiger partial charge in [0.1, 0.15) is 12.4 Å². The standard InChI is InChI=1S/C27H26BrFN4O2S/c1-3-6-26-31-32-27(36-18-19-9-12-22(28)13-10-19)33(26)30-16-20-11-14-24(25(15-20)34-2)35-17-21-7-4-5-8-23(21)29/h4-5,7-16H,3,6,17-18H2,1-2H3/b30-16+. The lowest BCUT2D eigenvalue weighted by atomic mass is 10.2. The first-order valence-electron chi connectivity index (χ1n) is 11.5. The quantitative estimate of drug-likeness (QED) is 0.145. The molecule has 0 unspecified atom stereocenters. The lowest BCUT2D eigenvalue weighted by Crippen LogP contribution is -2.02. The van der Waals surface area contributed by atoms with Crippen LogP contribution < -0.4 is 9.47 Å². The third-order valence-electron chi connectivity index (χ3n) is 5.28. The summed E-state index contributed by atoms with van der Waals surface area (Å²) in [4.78, 5) is 0. The topological polar surface area (TPSA) is 61.5 Å². The summed E-state index contributed by atoms with van der Waals surface area (Å²) in [7, 11) is 1.57. The summed E-state index contributed by atoms with van der Waals surface area (Å²) in [5.41, 5.74) is 2.49. The average molecular weight is 570 g/mol. The van der Waals surface area contributed by atoms with Crippen molar-refractivity contribution in [2.24, 2.45) is 5.10 Å². The molecule has 4 aromatic rings. The first-order valence-corrected chi connectivity index (χ1v) is 13.3. The minimum absolute atomic E-state index is 0.108. The van der Waals surface area contributed by atoms with Crippen LogP contribution in [0.3, 0.4) is 0 Å². The normalized spacial score (nSPS) is 11.2. The molecule has 4 rings (SSSR count).